The topological polar surface area (TPSA) is 32.3 Å². The van der Waals surface area contributed by atoms with E-state index in [-0.39, 0.29) is 11.9 Å². The normalized spacial score (nSPS) is 15.1. The van der Waals surface area contributed by atoms with Gasteiger partial charge in [-0.1, -0.05) is 35.9 Å². The highest BCUT2D eigenvalue weighted by Gasteiger charge is 2.25. The molecule has 1 atom stereocenters. The Morgan fingerprint density at radius 3 is 2.64 bits per heavy atom. The first-order chi connectivity index (χ1) is 10.6. The minimum Gasteiger partial charge on any atom is -0.374 e. The summed E-state index contributed by atoms with van der Waals surface area (Å²) in [5, 5.41) is 3.31. The van der Waals surface area contributed by atoms with Crippen molar-refractivity contribution in [2.75, 3.05) is 16.8 Å². The van der Waals surface area contributed by atoms with Crippen LogP contribution in [0.5, 0.6) is 0 Å². The summed E-state index contributed by atoms with van der Waals surface area (Å²) in [6.07, 6.45) is 2.08. The fourth-order valence-electron chi connectivity index (χ4n) is 2.96. The molecule has 0 spiro atoms. The van der Waals surface area contributed by atoms with Crippen molar-refractivity contribution in [2.24, 2.45) is 0 Å². The SMILES string of the molecule is Cc1ccc(NC(C)C(=O)N2CCCc3ccccc32)cc1. The Labute approximate surface area is 132 Å². The van der Waals surface area contributed by atoms with Gasteiger partial charge in [-0.05, 0) is 50.5 Å². The summed E-state index contributed by atoms with van der Waals surface area (Å²) in [4.78, 5) is 14.7. The van der Waals surface area contributed by atoms with Crippen LogP contribution in [0.1, 0.15) is 24.5 Å². The van der Waals surface area contributed by atoms with Crippen LogP contribution in [0.2, 0.25) is 0 Å². The summed E-state index contributed by atoms with van der Waals surface area (Å²) in [5.41, 5.74) is 4.53. The lowest BCUT2D eigenvalue weighted by Gasteiger charge is -2.32. The molecule has 0 saturated carbocycles. The van der Waals surface area contributed by atoms with Crippen molar-refractivity contribution >= 4 is 17.3 Å². The molecular formula is C19H22N2O. The number of fused-ring (bicyclic) bond motifs is 1. The van der Waals surface area contributed by atoms with Crippen LogP contribution >= 0.6 is 0 Å². The molecule has 1 unspecified atom stereocenters. The molecule has 2 aromatic carbocycles. The van der Waals surface area contributed by atoms with Gasteiger partial charge in [0.05, 0.1) is 0 Å². The van der Waals surface area contributed by atoms with Gasteiger partial charge in [0.1, 0.15) is 6.04 Å². The Kier molecular flexibility index (Phi) is 4.14. The molecule has 0 bridgehead atoms. The van der Waals surface area contributed by atoms with Crippen LogP contribution < -0.4 is 10.2 Å². The average Bonchev–Trinajstić information content (AvgIpc) is 2.55. The quantitative estimate of drug-likeness (QED) is 0.934. The third-order valence-electron chi connectivity index (χ3n) is 4.18. The summed E-state index contributed by atoms with van der Waals surface area (Å²) in [6, 6.07) is 16.1. The van der Waals surface area contributed by atoms with E-state index < -0.39 is 0 Å². The van der Waals surface area contributed by atoms with Gasteiger partial charge in [-0.25, -0.2) is 0 Å². The zero-order chi connectivity index (χ0) is 15.5. The maximum Gasteiger partial charge on any atom is 0.249 e. The van der Waals surface area contributed by atoms with E-state index in [9.17, 15) is 4.79 Å². The first kappa shape index (κ1) is 14.6. The zero-order valence-electron chi connectivity index (χ0n) is 13.2. The molecule has 3 heteroatoms. The second-order valence-electron chi connectivity index (χ2n) is 5.95. The molecule has 1 aliphatic heterocycles. The number of rotatable bonds is 3. The maximum absolute atomic E-state index is 12.8. The van der Waals surface area contributed by atoms with Crippen LogP contribution in [0.3, 0.4) is 0 Å². The number of nitrogens with one attached hydrogen (secondary N) is 1. The van der Waals surface area contributed by atoms with E-state index in [1.807, 2.05) is 42.2 Å². The highest BCUT2D eigenvalue weighted by molar-refractivity contribution is 5.99. The summed E-state index contributed by atoms with van der Waals surface area (Å²) in [5.74, 6) is 0.132. The van der Waals surface area contributed by atoms with Gasteiger partial charge in [0.2, 0.25) is 5.91 Å². The van der Waals surface area contributed by atoms with Crippen molar-refractivity contribution in [3.8, 4) is 0 Å². The first-order valence-corrected chi connectivity index (χ1v) is 7.87. The van der Waals surface area contributed by atoms with Gasteiger partial charge >= 0.3 is 0 Å². The Bertz CT molecular complexity index is 663. The van der Waals surface area contributed by atoms with Gasteiger partial charge in [0.15, 0.2) is 0 Å². The number of nitrogens with zero attached hydrogens (tertiary/aromatic N) is 1. The number of benzene rings is 2. The minimum atomic E-state index is -0.242. The summed E-state index contributed by atoms with van der Waals surface area (Å²) >= 11 is 0. The number of para-hydroxylation sites is 1. The van der Waals surface area contributed by atoms with Gasteiger partial charge in [-0.2, -0.15) is 0 Å². The fraction of sp³-hybridized carbons (Fsp3) is 0.316. The molecule has 3 nitrogen and oxygen atoms in total. The van der Waals surface area contributed by atoms with E-state index in [4.69, 9.17) is 0 Å². The van der Waals surface area contributed by atoms with E-state index >= 15 is 0 Å². The number of anilines is 2. The molecule has 1 amide bonds. The van der Waals surface area contributed by atoms with Gasteiger partial charge in [0.25, 0.3) is 0 Å². The number of aryl methyl sites for hydroxylation is 2. The summed E-state index contributed by atoms with van der Waals surface area (Å²) in [6.45, 7) is 4.79. The second-order valence-corrected chi connectivity index (χ2v) is 5.95. The lowest BCUT2D eigenvalue weighted by Crippen LogP contribution is -2.44. The number of carbonyl (C=O) groups is 1. The van der Waals surface area contributed by atoms with Crippen LogP contribution in [0.25, 0.3) is 0 Å². The highest BCUT2D eigenvalue weighted by Crippen LogP contribution is 2.27. The smallest absolute Gasteiger partial charge is 0.249 e. The van der Waals surface area contributed by atoms with Gasteiger partial charge in [0, 0.05) is 17.9 Å². The zero-order valence-corrected chi connectivity index (χ0v) is 13.2. The largest absolute Gasteiger partial charge is 0.374 e. The Morgan fingerprint density at radius 2 is 1.86 bits per heavy atom. The lowest BCUT2D eigenvalue weighted by molar-refractivity contribution is -0.119. The fourth-order valence-corrected chi connectivity index (χ4v) is 2.96. The molecule has 0 aliphatic carbocycles. The predicted octanol–water partition coefficient (Wildman–Crippen LogP) is 3.77. The summed E-state index contributed by atoms with van der Waals surface area (Å²) < 4.78 is 0. The molecule has 0 aromatic heterocycles. The molecule has 114 valence electrons. The molecule has 0 saturated heterocycles. The highest BCUT2D eigenvalue weighted by atomic mass is 16.2. The van der Waals surface area contributed by atoms with E-state index in [1.165, 1.54) is 11.1 Å². The maximum atomic E-state index is 12.8. The number of amides is 1. The number of hydrogen-bond donors (Lipinski definition) is 1. The van der Waals surface area contributed by atoms with Crippen LogP contribution in [0.4, 0.5) is 11.4 Å². The van der Waals surface area contributed by atoms with Gasteiger partial charge in [-0.15, -0.1) is 0 Å². The van der Waals surface area contributed by atoms with Gasteiger partial charge < -0.3 is 10.2 Å². The average molecular weight is 294 g/mol. The first-order valence-electron chi connectivity index (χ1n) is 7.87. The third kappa shape index (κ3) is 2.98. The summed E-state index contributed by atoms with van der Waals surface area (Å²) in [7, 11) is 0. The van der Waals surface area contributed by atoms with E-state index in [2.05, 4.69) is 30.4 Å². The molecule has 1 aliphatic rings. The predicted molar refractivity (Wildman–Crippen MR) is 91.4 cm³/mol. The van der Waals surface area contributed by atoms with Crippen molar-refractivity contribution in [3.63, 3.8) is 0 Å². The standard InChI is InChI=1S/C19H22N2O/c1-14-9-11-17(12-10-14)20-15(2)19(22)21-13-5-7-16-6-3-4-8-18(16)21/h3-4,6,8-12,15,20H,5,7,13H2,1-2H3. The lowest BCUT2D eigenvalue weighted by atomic mass is 10.0. The second kappa shape index (κ2) is 6.22. The van der Waals surface area contributed by atoms with Crippen LogP contribution in [0.15, 0.2) is 48.5 Å². The minimum absolute atomic E-state index is 0.132. The van der Waals surface area contributed by atoms with E-state index in [1.54, 1.807) is 0 Å². The van der Waals surface area contributed by atoms with Crippen LogP contribution in [-0.4, -0.2) is 18.5 Å². The molecule has 3 rings (SSSR count). The molecule has 0 fully saturated rings. The van der Waals surface area contributed by atoms with Crippen molar-refractivity contribution in [1.82, 2.24) is 0 Å². The number of carbonyl (C=O) groups excluding carboxylic acids is 1. The van der Waals surface area contributed by atoms with Crippen molar-refractivity contribution < 1.29 is 4.79 Å². The molecule has 1 heterocycles. The molecular weight excluding hydrogens is 272 g/mol. The number of hydrogen-bond acceptors (Lipinski definition) is 2. The van der Waals surface area contributed by atoms with Crippen molar-refractivity contribution in [1.29, 1.82) is 0 Å². The molecule has 22 heavy (non-hydrogen) atoms. The molecule has 2 aromatic rings. The molecule has 0 radical (unpaired) electrons. The van der Waals surface area contributed by atoms with Crippen molar-refractivity contribution in [3.05, 3.63) is 59.7 Å². The van der Waals surface area contributed by atoms with E-state index in [0.29, 0.717) is 0 Å². The third-order valence-corrected chi connectivity index (χ3v) is 4.18. The van der Waals surface area contributed by atoms with E-state index in [0.717, 1.165) is 30.8 Å². The van der Waals surface area contributed by atoms with Crippen LogP contribution in [-0.2, 0) is 11.2 Å². The monoisotopic (exact) mass is 294 g/mol. The Balaban J connectivity index is 1.75. The Morgan fingerprint density at radius 1 is 1.14 bits per heavy atom. The molecule has 1 N–H and O–H groups in total. The van der Waals surface area contributed by atoms with Crippen LogP contribution in [0, 0.1) is 6.92 Å². The van der Waals surface area contributed by atoms with Crippen molar-refractivity contribution in [2.45, 2.75) is 32.7 Å². The Hall–Kier alpha value is -2.29. The van der Waals surface area contributed by atoms with Gasteiger partial charge in [-0.3, -0.25) is 4.79 Å².